The number of hydrogen-bond acceptors (Lipinski definition) is 7. The summed E-state index contributed by atoms with van der Waals surface area (Å²) in [5.74, 6) is 3.56. The predicted molar refractivity (Wildman–Crippen MR) is 247 cm³/mol. The molecule has 0 radical (unpaired) electrons. The van der Waals surface area contributed by atoms with Crippen LogP contribution in [-0.4, -0.2) is 29.9 Å². The van der Waals surface area contributed by atoms with Crippen molar-refractivity contribution >= 4 is 0 Å². The molecule has 290 valence electrons. The molecule has 10 aromatic rings. The van der Waals surface area contributed by atoms with Crippen LogP contribution in [-0.2, 0) is 0 Å². The summed E-state index contributed by atoms with van der Waals surface area (Å²) in [5.41, 5.74) is 12.1. The van der Waals surface area contributed by atoms with E-state index >= 15 is 0 Å². The average molecular weight is 794 g/mol. The Bertz CT molecular complexity index is 3160. The summed E-state index contributed by atoms with van der Waals surface area (Å²) in [6, 6.07) is 73.1. The van der Waals surface area contributed by atoms with Crippen molar-refractivity contribution in [3.8, 4) is 108 Å². The highest BCUT2D eigenvalue weighted by atomic mass is 15.0. The normalized spacial score (nSPS) is 10.9. The van der Waals surface area contributed by atoms with Crippen LogP contribution >= 0.6 is 0 Å². The van der Waals surface area contributed by atoms with Gasteiger partial charge in [-0.05, 0) is 45.5 Å². The van der Waals surface area contributed by atoms with Gasteiger partial charge in [0.15, 0.2) is 34.9 Å². The number of hydrogen-bond donors (Lipinski definition) is 0. The van der Waals surface area contributed by atoms with E-state index in [1.807, 2.05) is 152 Å². The van der Waals surface area contributed by atoms with Gasteiger partial charge in [-0.2, -0.15) is 5.26 Å². The zero-order valence-corrected chi connectivity index (χ0v) is 33.3. The third kappa shape index (κ3) is 7.75. The van der Waals surface area contributed by atoms with Crippen molar-refractivity contribution in [2.24, 2.45) is 0 Å². The summed E-state index contributed by atoms with van der Waals surface area (Å²) in [7, 11) is 0. The topological polar surface area (TPSA) is 101 Å². The van der Waals surface area contributed by atoms with Crippen LogP contribution < -0.4 is 0 Å². The average Bonchev–Trinajstić information content (AvgIpc) is 3.37. The van der Waals surface area contributed by atoms with Gasteiger partial charge in [0, 0.05) is 33.4 Å². The molecule has 0 bridgehead atoms. The van der Waals surface area contributed by atoms with E-state index in [0.29, 0.717) is 40.5 Å². The lowest BCUT2D eigenvalue weighted by Gasteiger charge is -2.15. The minimum Gasteiger partial charge on any atom is -0.208 e. The minimum atomic E-state index is 0.564. The maximum atomic E-state index is 9.45. The molecule has 0 spiro atoms. The van der Waals surface area contributed by atoms with Crippen molar-refractivity contribution in [3.05, 3.63) is 218 Å². The van der Waals surface area contributed by atoms with Crippen LogP contribution in [0, 0.1) is 11.3 Å². The quantitative estimate of drug-likeness (QED) is 0.143. The van der Waals surface area contributed by atoms with Crippen molar-refractivity contribution in [1.82, 2.24) is 29.9 Å². The Hall–Kier alpha value is -8.73. The molecule has 0 saturated carbocycles. The minimum absolute atomic E-state index is 0.564. The third-order valence-electron chi connectivity index (χ3n) is 10.7. The molecule has 0 atom stereocenters. The van der Waals surface area contributed by atoms with E-state index in [9.17, 15) is 5.26 Å². The Morgan fingerprint density at radius 1 is 0.242 bits per heavy atom. The van der Waals surface area contributed by atoms with Crippen molar-refractivity contribution in [3.63, 3.8) is 0 Å². The van der Waals surface area contributed by atoms with Crippen LogP contribution in [0.4, 0.5) is 0 Å². The van der Waals surface area contributed by atoms with Crippen LogP contribution in [0.1, 0.15) is 5.56 Å². The zero-order valence-electron chi connectivity index (χ0n) is 33.3. The first-order valence-corrected chi connectivity index (χ1v) is 20.3. The molecule has 0 unspecified atom stereocenters. The van der Waals surface area contributed by atoms with E-state index in [-0.39, 0.29) is 0 Å². The summed E-state index contributed by atoms with van der Waals surface area (Å²) in [5, 5.41) is 9.45. The van der Waals surface area contributed by atoms with Crippen LogP contribution in [0.25, 0.3) is 102 Å². The number of aromatic nitrogens is 6. The smallest absolute Gasteiger partial charge is 0.164 e. The van der Waals surface area contributed by atoms with E-state index in [1.54, 1.807) is 0 Å². The molecular formula is C55H35N7. The van der Waals surface area contributed by atoms with Crippen LogP contribution in [0.15, 0.2) is 212 Å². The van der Waals surface area contributed by atoms with Crippen molar-refractivity contribution in [2.75, 3.05) is 0 Å². The molecule has 7 heteroatoms. The lowest BCUT2D eigenvalue weighted by Crippen LogP contribution is -2.01. The van der Waals surface area contributed by atoms with E-state index in [4.69, 9.17) is 29.9 Å². The molecule has 0 aliphatic rings. The first-order chi connectivity index (χ1) is 30.7. The standard InChI is InChI=1S/C55H35N7/c56-36-37-15-14-22-45(35-37)38-27-31-43(32-28-38)54-60-52(42-20-8-3-9-21-42)61-55(62-54)49-26-13-12-25-48(49)47-24-11-10-23-46(47)39-29-33-44(34-30-39)53-58-50(40-16-4-1-5-17-40)57-51(59-53)41-18-6-2-7-19-41/h1-35H. The molecule has 62 heavy (non-hydrogen) atoms. The number of nitrogens with zero attached hydrogens (tertiary/aromatic N) is 7. The lowest BCUT2D eigenvalue weighted by molar-refractivity contribution is 1.07. The number of benzene rings is 8. The largest absolute Gasteiger partial charge is 0.208 e. The zero-order chi connectivity index (χ0) is 41.7. The second-order valence-corrected chi connectivity index (χ2v) is 14.6. The van der Waals surface area contributed by atoms with Gasteiger partial charge in [0.05, 0.1) is 11.6 Å². The Labute approximate surface area is 359 Å². The maximum absolute atomic E-state index is 9.45. The number of rotatable bonds is 9. The fourth-order valence-electron chi connectivity index (χ4n) is 7.54. The van der Waals surface area contributed by atoms with Gasteiger partial charge in [-0.15, -0.1) is 0 Å². The fraction of sp³-hybridized carbons (Fsp3) is 0. The van der Waals surface area contributed by atoms with Gasteiger partial charge < -0.3 is 0 Å². The molecule has 0 aliphatic carbocycles. The number of nitriles is 1. The summed E-state index contributed by atoms with van der Waals surface area (Å²) in [4.78, 5) is 30.0. The van der Waals surface area contributed by atoms with Gasteiger partial charge in [0.1, 0.15) is 0 Å². The summed E-state index contributed by atoms with van der Waals surface area (Å²) < 4.78 is 0. The lowest BCUT2D eigenvalue weighted by atomic mass is 9.91. The van der Waals surface area contributed by atoms with E-state index in [1.165, 1.54) is 0 Å². The molecule has 0 N–H and O–H groups in total. The second-order valence-electron chi connectivity index (χ2n) is 14.6. The van der Waals surface area contributed by atoms with Gasteiger partial charge in [-0.1, -0.05) is 200 Å². The van der Waals surface area contributed by atoms with Gasteiger partial charge in [-0.3, -0.25) is 0 Å². The molecule has 7 nitrogen and oxygen atoms in total. The van der Waals surface area contributed by atoms with Gasteiger partial charge in [0.25, 0.3) is 0 Å². The monoisotopic (exact) mass is 793 g/mol. The van der Waals surface area contributed by atoms with E-state index < -0.39 is 0 Å². The Morgan fingerprint density at radius 2 is 0.565 bits per heavy atom. The third-order valence-corrected chi connectivity index (χ3v) is 10.7. The summed E-state index contributed by atoms with van der Waals surface area (Å²) >= 11 is 0. The van der Waals surface area contributed by atoms with E-state index in [2.05, 4.69) is 66.7 Å². The SMILES string of the molecule is N#Cc1cccc(-c2ccc(-c3nc(-c4ccccc4)nc(-c4ccccc4-c4ccccc4-c4ccc(-c5nc(-c6ccccc6)nc(-c6ccccc6)n5)cc4)n3)cc2)c1. The Balaban J connectivity index is 1.03. The van der Waals surface area contributed by atoms with Gasteiger partial charge >= 0.3 is 0 Å². The summed E-state index contributed by atoms with van der Waals surface area (Å²) in [6.45, 7) is 0. The predicted octanol–water partition coefficient (Wildman–Crippen LogP) is 12.9. The Morgan fingerprint density at radius 3 is 1.02 bits per heavy atom. The van der Waals surface area contributed by atoms with Gasteiger partial charge in [0.2, 0.25) is 0 Å². The molecule has 0 fully saturated rings. The highest BCUT2D eigenvalue weighted by Gasteiger charge is 2.19. The first-order valence-electron chi connectivity index (χ1n) is 20.3. The van der Waals surface area contributed by atoms with Crippen molar-refractivity contribution < 1.29 is 0 Å². The molecule has 8 aromatic carbocycles. The molecular weight excluding hydrogens is 759 g/mol. The van der Waals surface area contributed by atoms with E-state index in [0.717, 1.165) is 66.8 Å². The highest BCUT2D eigenvalue weighted by molar-refractivity contribution is 5.91. The molecule has 2 heterocycles. The Kier molecular flexibility index (Phi) is 10.2. The van der Waals surface area contributed by atoms with Crippen LogP contribution in [0.5, 0.6) is 0 Å². The molecule has 0 amide bonds. The molecule has 10 rings (SSSR count). The highest BCUT2D eigenvalue weighted by Crippen LogP contribution is 2.39. The fourth-order valence-corrected chi connectivity index (χ4v) is 7.54. The molecule has 2 aromatic heterocycles. The van der Waals surface area contributed by atoms with Crippen molar-refractivity contribution in [2.45, 2.75) is 0 Å². The van der Waals surface area contributed by atoms with Crippen molar-refractivity contribution in [1.29, 1.82) is 5.26 Å². The summed E-state index contributed by atoms with van der Waals surface area (Å²) in [6.07, 6.45) is 0. The molecule has 0 saturated heterocycles. The second kappa shape index (κ2) is 16.9. The van der Waals surface area contributed by atoms with Crippen LogP contribution in [0.2, 0.25) is 0 Å². The van der Waals surface area contributed by atoms with Crippen LogP contribution in [0.3, 0.4) is 0 Å². The first kappa shape index (κ1) is 37.5. The maximum Gasteiger partial charge on any atom is 0.164 e. The molecule has 0 aliphatic heterocycles. The van der Waals surface area contributed by atoms with Gasteiger partial charge in [-0.25, -0.2) is 29.9 Å².